The Morgan fingerprint density at radius 3 is 2.60 bits per heavy atom. The number of morpholine rings is 1. The molecule has 1 saturated heterocycles. The standard InChI is InChI=1S/C26H25ClFN5O2/c27-20-11-19(12-21(28)13-20)26(34)6-2-1-3-22-24(26)33-16-17(4-5-23(33)31-22)18-14-29-25(30-15-18)32-7-9-35-10-8-32/h4-5,11-16,34H,1-3,6-10H2. The minimum atomic E-state index is -1.41. The van der Waals surface area contributed by atoms with Crippen LogP contribution in [0.15, 0.2) is 48.9 Å². The summed E-state index contributed by atoms with van der Waals surface area (Å²) in [6.07, 6.45) is 8.46. The van der Waals surface area contributed by atoms with Gasteiger partial charge in [-0.05, 0) is 61.6 Å². The Bertz CT molecular complexity index is 1370. The highest BCUT2D eigenvalue weighted by atomic mass is 35.5. The van der Waals surface area contributed by atoms with E-state index in [0.29, 0.717) is 36.8 Å². The molecule has 1 aliphatic heterocycles. The summed E-state index contributed by atoms with van der Waals surface area (Å²) in [4.78, 5) is 16.1. The van der Waals surface area contributed by atoms with Crippen LogP contribution in [0.5, 0.6) is 0 Å². The lowest BCUT2D eigenvalue weighted by atomic mass is 9.86. The first kappa shape index (κ1) is 22.4. The number of halogens is 2. The molecule has 1 N–H and O–H groups in total. The first-order valence-electron chi connectivity index (χ1n) is 11.9. The summed E-state index contributed by atoms with van der Waals surface area (Å²) in [5, 5.41) is 12.3. The Morgan fingerprint density at radius 2 is 1.83 bits per heavy atom. The van der Waals surface area contributed by atoms with Crippen LogP contribution in [0.1, 0.15) is 36.2 Å². The zero-order valence-corrected chi connectivity index (χ0v) is 19.9. The second-order valence-electron chi connectivity index (χ2n) is 9.15. The lowest BCUT2D eigenvalue weighted by Gasteiger charge is -2.28. The van der Waals surface area contributed by atoms with Crippen LogP contribution >= 0.6 is 11.6 Å². The van der Waals surface area contributed by atoms with Crippen molar-refractivity contribution in [2.24, 2.45) is 0 Å². The van der Waals surface area contributed by atoms with Crippen molar-refractivity contribution in [3.05, 3.63) is 76.7 Å². The van der Waals surface area contributed by atoms with Gasteiger partial charge in [0.15, 0.2) is 0 Å². The molecule has 4 aromatic rings. The molecule has 0 saturated carbocycles. The molecule has 9 heteroatoms. The molecular formula is C26H25ClFN5O2. The molecule has 1 aliphatic carbocycles. The van der Waals surface area contributed by atoms with Crippen molar-refractivity contribution in [1.29, 1.82) is 0 Å². The summed E-state index contributed by atoms with van der Waals surface area (Å²) < 4.78 is 21.6. The topological polar surface area (TPSA) is 75.8 Å². The van der Waals surface area contributed by atoms with Crippen molar-refractivity contribution < 1.29 is 14.2 Å². The second kappa shape index (κ2) is 8.86. The fraction of sp³-hybridized carbons (Fsp3) is 0.346. The molecule has 1 atom stereocenters. The highest BCUT2D eigenvalue weighted by Gasteiger charge is 2.39. The Morgan fingerprint density at radius 1 is 1.03 bits per heavy atom. The third kappa shape index (κ3) is 4.05. The smallest absolute Gasteiger partial charge is 0.225 e. The maximum absolute atomic E-state index is 14.3. The number of hydrogen-bond donors (Lipinski definition) is 1. The molecule has 1 fully saturated rings. The lowest BCUT2D eigenvalue weighted by molar-refractivity contribution is 0.0648. The minimum Gasteiger partial charge on any atom is -0.379 e. The van der Waals surface area contributed by atoms with Gasteiger partial charge in [0.25, 0.3) is 0 Å². The number of aryl methyl sites for hydroxylation is 1. The van der Waals surface area contributed by atoms with Crippen molar-refractivity contribution in [1.82, 2.24) is 19.4 Å². The first-order valence-corrected chi connectivity index (χ1v) is 12.2. The molecule has 4 heterocycles. The molecule has 3 aromatic heterocycles. The number of fused-ring (bicyclic) bond motifs is 3. The molecular weight excluding hydrogens is 469 g/mol. The summed E-state index contributed by atoms with van der Waals surface area (Å²) in [7, 11) is 0. The Kier molecular flexibility index (Phi) is 5.67. The average molecular weight is 494 g/mol. The van der Waals surface area contributed by atoms with E-state index in [4.69, 9.17) is 21.3 Å². The van der Waals surface area contributed by atoms with Crippen LogP contribution in [0.4, 0.5) is 10.3 Å². The molecule has 35 heavy (non-hydrogen) atoms. The molecule has 0 bridgehead atoms. The van der Waals surface area contributed by atoms with E-state index in [1.54, 1.807) is 6.07 Å². The Labute approximate surface area is 207 Å². The van der Waals surface area contributed by atoms with Crippen LogP contribution < -0.4 is 4.90 Å². The van der Waals surface area contributed by atoms with Gasteiger partial charge in [-0.3, -0.25) is 4.40 Å². The molecule has 1 aromatic carbocycles. The van der Waals surface area contributed by atoms with Crippen LogP contribution in [-0.2, 0) is 16.8 Å². The van der Waals surface area contributed by atoms with Crippen LogP contribution in [0.3, 0.4) is 0 Å². The van der Waals surface area contributed by atoms with E-state index < -0.39 is 11.4 Å². The van der Waals surface area contributed by atoms with E-state index in [2.05, 4.69) is 14.9 Å². The summed E-state index contributed by atoms with van der Waals surface area (Å²) in [5.74, 6) is 0.214. The van der Waals surface area contributed by atoms with Crippen molar-refractivity contribution in [3.63, 3.8) is 0 Å². The molecule has 0 amide bonds. The number of imidazole rings is 1. The van der Waals surface area contributed by atoms with Crippen LogP contribution in [0.2, 0.25) is 5.02 Å². The van der Waals surface area contributed by atoms with Crippen LogP contribution in [0.25, 0.3) is 16.8 Å². The fourth-order valence-electron chi connectivity index (χ4n) is 5.14. The molecule has 0 spiro atoms. The predicted molar refractivity (Wildman–Crippen MR) is 131 cm³/mol. The summed E-state index contributed by atoms with van der Waals surface area (Å²) in [5.41, 5.74) is 3.00. The number of aromatic nitrogens is 4. The number of hydrogen-bond acceptors (Lipinski definition) is 6. The minimum absolute atomic E-state index is 0.256. The fourth-order valence-corrected chi connectivity index (χ4v) is 5.36. The number of aliphatic hydroxyl groups is 1. The summed E-state index contributed by atoms with van der Waals surface area (Å²) in [6.45, 7) is 2.89. The van der Waals surface area contributed by atoms with Crippen molar-refractivity contribution in [3.8, 4) is 11.1 Å². The number of rotatable bonds is 3. The van der Waals surface area contributed by atoms with Gasteiger partial charge in [0.2, 0.25) is 5.95 Å². The van der Waals surface area contributed by atoms with Crippen LogP contribution in [0, 0.1) is 5.82 Å². The number of anilines is 1. The van der Waals surface area contributed by atoms with Crippen molar-refractivity contribution in [2.45, 2.75) is 31.3 Å². The quantitative estimate of drug-likeness (QED) is 0.427. The Balaban J connectivity index is 1.44. The number of ether oxygens (including phenoxy) is 1. The highest BCUT2D eigenvalue weighted by Crippen LogP contribution is 2.41. The predicted octanol–water partition coefficient (Wildman–Crippen LogP) is 4.38. The highest BCUT2D eigenvalue weighted by molar-refractivity contribution is 6.30. The molecule has 0 radical (unpaired) electrons. The van der Waals surface area contributed by atoms with E-state index >= 15 is 0 Å². The molecule has 2 aliphatic rings. The number of pyridine rings is 1. The summed E-state index contributed by atoms with van der Waals surface area (Å²) >= 11 is 6.17. The molecule has 6 rings (SSSR count). The van der Waals surface area contributed by atoms with Gasteiger partial charge in [0.1, 0.15) is 17.1 Å². The normalized spacial score (nSPS) is 20.6. The van der Waals surface area contributed by atoms with E-state index in [1.165, 1.54) is 12.1 Å². The Hall–Kier alpha value is -3.07. The van der Waals surface area contributed by atoms with Gasteiger partial charge in [-0.1, -0.05) is 11.6 Å². The van der Waals surface area contributed by atoms with E-state index in [-0.39, 0.29) is 5.02 Å². The zero-order valence-electron chi connectivity index (χ0n) is 19.1. The second-order valence-corrected chi connectivity index (χ2v) is 9.59. The van der Waals surface area contributed by atoms with E-state index in [9.17, 15) is 9.50 Å². The van der Waals surface area contributed by atoms with Gasteiger partial charge in [-0.25, -0.2) is 19.3 Å². The maximum atomic E-state index is 14.3. The molecule has 180 valence electrons. The molecule has 1 unspecified atom stereocenters. The summed E-state index contributed by atoms with van der Waals surface area (Å²) in [6, 6.07) is 8.16. The van der Waals surface area contributed by atoms with Crippen molar-refractivity contribution >= 4 is 23.2 Å². The average Bonchev–Trinajstić information content (AvgIpc) is 3.16. The van der Waals surface area contributed by atoms with Gasteiger partial charge in [-0.15, -0.1) is 0 Å². The third-order valence-electron chi connectivity index (χ3n) is 6.89. The first-order chi connectivity index (χ1) is 17.0. The third-order valence-corrected chi connectivity index (χ3v) is 7.11. The monoisotopic (exact) mass is 493 g/mol. The van der Waals surface area contributed by atoms with Gasteiger partial charge < -0.3 is 14.7 Å². The number of benzene rings is 1. The SMILES string of the molecule is OC1(c2cc(F)cc(Cl)c2)CCCCc2nc3ccc(-c4cnc(N5CCOCC5)nc4)cn3c21. The van der Waals surface area contributed by atoms with Crippen molar-refractivity contribution in [2.75, 3.05) is 31.2 Å². The van der Waals surface area contributed by atoms with Gasteiger partial charge in [-0.2, -0.15) is 0 Å². The van der Waals surface area contributed by atoms with Gasteiger partial charge in [0.05, 0.1) is 24.6 Å². The van der Waals surface area contributed by atoms with Gasteiger partial charge >= 0.3 is 0 Å². The number of nitrogens with zero attached hydrogens (tertiary/aromatic N) is 5. The van der Waals surface area contributed by atoms with Gasteiger partial charge in [0, 0.05) is 47.8 Å². The molecule has 7 nitrogen and oxygen atoms in total. The largest absolute Gasteiger partial charge is 0.379 e. The maximum Gasteiger partial charge on any atom is 0.225 e. The van der Waals surface area contributed by atoms with Crippen LogP contribution in [-0.4, -0.2) is 50.8 Å². The zero-order chi connectivity index (χ0) is 24.0. The van der Waals surface area contributed by atoms with E-state index in [1.807, 2.05) is 35.1 Å². The van der Waals surface area contributed by atoms with E-state index in [0.717, 1.165) is 54.8 Å². The lowest BCUT2D eigenvalue weighted by Crippen LogP contribution is -2.37.